The van der Waals surface area contributed by atoms with Crippen LogP contribution in [0.2, 0.25) is 0 Å². The van der Waals surface area contributed by atoms with Crippen molar-refractivity contribution in [2.75, 3.05) is 19.4 Å². The van der Waals surface area contributed by atoms with E-state index < -0.39 is 0 Å². The number of amides is 2. The highest BCUT2D eigenvalue weighted by molar-refractivity contribution is 6.05. The van der Waals surface area contributed by atoms with E-state index in [1.54, 1.807) is 55.2 Å². The van der Waals surface area contributed by atoms with Crippen LogP contribution in [0.5, 0.6) is 0 Å². The second-order valence-electron chi connectivity index (χ2n) is 6.48. The van der Waals surface area contributed by atoms with E-state index in [9.17, 15) is 14.0 Å². The minimum absolute atomic E-state index is 0.144. The van der Waals surface area contributed by atoms with Crippen LogP contribution in [0.25, 0.3) is 5.69 Å². The fourth-order valence-corrected chi connectivity index (χ4v) is 2.90. The average Bonchev–Trinajstić information content (AvgIpc) is 3.12. The maximum Gasteiger partial charge on any atom is 0.259 e. The van der Waals surface area contributed by atoms with Gasteiger partial charge in [-0.25, -0.2) is 9.07 Å². The van der Waals surface area contributed by atoms with E-state index >= 15 is 0 Å². The molecule has 6 nitrogen and oxygen atoms in total. The van der Waals surface area contributed by atoms with Crippen molar-refractivity contribution in [3.8, 4) is 5.69 Å². The lowest BCUT2D eigenvalue weighted by atomic mass is 10.1. The Morgan fingerprint density at radius 3 is 2.50 bits per heavy atom. The predicted octanol–water partition coefficient (Wildman–Crippen LogP) is 3.53. The maximum atomic E-state index is 13.2. The molecule has 1 heterocycles. The van der Waals surface area contributed by atoms with E-state index in [0.717, 1.165) is 0 Å². The van der Waals surface area contributed by atoms with Crippen LogP contribution in [-0.4, -0.2) is 40.6 Å². The molecule has 2 aromatic carbocycles. The average molecular weight is 380 g/mol. The highest BCUT2D eigenvalue weighted by Crippen LogP contribution is 2.19. The monoisotopic (exact) mass is 380 g/mol. The van der Waals surface area contributed by atoms with Gasteiger partial charge in [0.05, 0.1) is 23.1 Å². The Kier molecular flexibility index (Phi) is 5.54. The summed E-state index contributed by atoms with van der Waals surface area (Å²) < 4.78 is 14.8. The minimum atomic E-state index is -0.334. The van der Waals surface area contributed by atoms with Gasteiger partial charge in [0.15, 0.2) is 0 Å². The Balaban J connectivity index is 1.87. The third kappa shape index (κ3) is 3.93. The number of carbonyl (C=O) groups excluding carboxylic acids is 2. The van der Waals surface area contributed by atoms with Gasteiger partial charge in [0.25, 0.3) is 11.8 Å². The number of nitrogens with zero attached hydrogens (tertiary/aromatic N) is 3. The second kappa shape index (κ2) is 8.04. The number of carbonyl (C=O) groups is 2. The van der Waals surface area contributed by atoms with Gasteiger partial charge >= 0.3 is 0 Å². The number of anilines is 1. The van der Waals surface area contributed by atoms with Gasteiger partial charge in [0.2, 0.25) is 0 Å². The highest BCUT2D eigenvalue weighted by atomic mass is 19.1. The number of rotatable bonds is 5. The molecule has 0 saturated heterocycles. The molecule has 0 spiro atoms. The van der Waals surface area contributed by atoms with Crippen LogP contribution in [0.1, 0.15) is 33.3 Å². The molecular formula is C21H21FN4O2. The second-order valence-corrected chi connectivity index (χ2v) is 6.48. The van der Waals surface area contributed by atoms with Crippen molar-refractivity contribution < 1.29 is 14.0 Å². The molecule has 1 N–H and O–H groups in total. The zero-order chi connectivity index (χ0) is 20.3. The molecule has 28 heavy (non-hydrogen) atoms. The van der Waals surface area contributed by atoms with Crippen LogP contribution in [0.4, 0.5) is 10.1 Å². The lowest BCUT2D eigenvalue weighted by molar-refractivity contribution is 0.0827. The van der Waals surface area contributed by atoms with Gasteiger partial charge in [-0.15, -0.1) is 0 Å². The predicted molar refractivity (Wildman–Crippen MR) is 105 cm³/mol. The first-order valence-corrected chi connectivity index (χ1v) is 8.86. The molecule has 3 rings (SSSR count). The van der Waals surface area contributed by atoms with Crippen molar-refractivity contribution in [3.05, 3.63) is 77.4 Å². The first-order valence-electron chi connectivity index (χ1n) is 8.86. The van der Waals surface area contributed by atoms with Gasteiger partial charge in [0, 0.05) is 25.3 Å². The molecule has 0 saturated carbocycles. The summed E-state index contributed by atoms with van der Waals surface area (Å²) in [7, 11) is 3.34. The number of hydrogen-bond donors (Lipinski definition) is 1. The summed E-state index contributed by atoms with van der Waals surface area (Å²) in [5.41, 5.74) is 2.83. The summed E-state index contributed by atoms with van der Waals surface area (Å²) in [6.07, 6.45) is 2.06. The Bertz CT molecular complexity index is 1010. The van der Waals surface area contributed by atoms with Gasteiger partial charge in [-0.05, 0) is 48.9 Å². The van der Waals surface area contributed by atoms with E-state index in [-0.39, 0.29) is 17.6 Å². The summed E-state index contributed by atoms with van der Waals surface area (Å²) in [6, 6.07) is 12.7. The van der Waals surface area contributed by atoms with Crippen LogP contribution < -0.4 is 5.32 Å². The van der Waals surface area contributed by atoms with Crippen molar-refractivity contribution >= 4 is 17.5 Å². The van der Waals surface area contributed by atoms with Crippen molar-refractivity contribution in [1.82, 2.24) is 14.7 Å². The fraction of sp³-hybridized carbons (Fsp3) is 0.190. The first kappa shape index (κ1) is 19.3. The van der Waals surface area contributed by atoms with Gasteiger partial charge in [-0.1, -0.05) is 13.0 Å². The minimum Gasteiger partial charge on any atom is -0.345 e. The molecule has 7 heteroatoms. The zero-order valence-electron chi connectivity index (χ0n) is 15.9. The topological polar surface area (TPSA) is 67.2 Å². The third-order valence-electron chi connectivity index (χ3n) is 4.29. The van der Waals surface area contributed by atoms with Gasteiger partial charge < -0.3 is 10.2 Å². The normalized spacial score (nSPS) is 10.6. The van der Waals surface area contributed by atoms with E-state index in [1.807, 2.05) is 6.92 Å². The number of hydrogen-bond acceptors (Lipinski definition) is 3. The molecule has 0 aliphatic carbocycles. The Morgan fingerprint density at radius 1 is 1.14 bits per heavy atom. The Labute approximate surface area is 162 Å². The summed E-state index contributed by atoms with van der Waals surface area (Å²) in [6.45, 7) is 1.92. The van der Waals surface area contributed by atoms with Crippen molar-refractivity contribution in [1.29, 1.82) is 0 Å². The number of nitrogens with one attached hydrogen (secondary N) is 1. The molecule has 0 aliphatic heterocycles. The molecule has 0 unspecified atom stereocenters. The molecule has 0 radical (unpaired) electrons. The van der Waals surface area contributed by atoms with Crippen LogP contribution in [-0.2, 0) is 6.42 Å². The largest absolute Gasteiger partial charge is 0.345 e. The van der Waals surface area contributed by atoms with Crippen LogP contribution in [0.3, 0.4) is 0 Å². The molecule has 0 aliphatic rings. The molecule has 0 bridgehead atoms. The summed E-state index contributed by atoms with van der Waals surface area (Å²) >= 11 is 0. The standard InChI is InChI=1S/C21H21FN4O2/c1-4-19-18(13-23-26(19)17-10-8-15(22)9-11-17)20(27)24-16-7-5-6-14(12-16)21(28)25(2)3/h5-13H,4H2,1-3H3,(H,24,27). The maximum absolute atomic E-state index is 13.2. The highest BCUT2D eigenvalue weighted by Gasteiger charge is 2.18. The summed E-state index contributed by atoms with van der Waals surface area (Å²) in [5.74, 6) is -0.798. The molecule has 1 aromatic heterocycles. The van der Waals surface area contributed by atoms with Gasteiger partial charge in [0.1, 0.15) is 5.82 Å². The molecule has 144 valence electrons. The smallest absolute Gasteiger partial charge is 0.259 e. The van der Waals surface area contributed by atoms with Gasteiger partial charge in [-0.3, -0.25) is 9.59 Å². The van der Waals surface area contributed by atoms with E-state index in [4.69, 9.17) is 0 Å². The van der Waals surface area contributed by atoms with E-state index in [2.05, 4.69) is 10.4 Å². The summed E-state index contributed by atoms with van der Waals surface area (Å²) in [4.78, 5) is 26.4. The number of benzene rings is 2. The van der Waals surface area contributed by atoms with E-state index in [1.165, 1.54) is 23.2 Å². The molecule has 0 atom stereocenters. The van der Waals surface area contributed by atoms with Crippen LogP contribution in [0, 0.1) is 5.82 Å². The Morgan fingerprint density at radius 2 is 1.86 bits per heavy atom. The summed E-state index contributed by atoms with van der Waals surface area (Å²) in [5, 5.41) is 7.11. The number of halogens is 1. The van der Waals surface area contributed by atoms with Crippen molar-refractivity contribution in [3.63, 3.8) is 0 Å². The van der Waals surface area contributed by atoms with E-state index in [0.29, 0.717) is 34.6 Å². The molecule has 0 fully saturated rings. The lowest BCUT2D eigenvalue weighted by Gasteiger charge is -2.12. The molecular weight excluding hydrogens is 359 g/mol. The molecule has 3 aromatic rings. The van der Waals surface area contributed by atoms with Crippen molar-refractivity contribution in [2.45, 2.75) is 13.3 Å². The SMILES string of the molecule is CCc1c(C(=O)Nc2cccc(C(=O)N(C)C)c2)cnn1-c1ccc(F)cc1. The zero-order valence-corrected chi connectivity index (χ0v) is 15.9. The Hall–Kier alpha value is -3.48. The third-order valence-corrected chi connectivity index (χ3v) is 4.29. The lowest BCUT2D eigenvalue weighted by Crippen LogP contribution is -2.22. The fourth-order valence-electron chi connectivity index (χ4n) is 2.90. The molecule has 2 amide bonds. The van der Waals surface area contributed by atoms with Crippen LogP contribution >= 0.6 is 0 Å². The van der Waals surface area contributed by atoms with Gasteiger partial charge in [-0.2, -0.15) is 5.10 Å². The quantitative estimate of drug-likeness (QED) is 0.736. The van der Waals surface area contributed by atoms with Crippen molar-refractivity contribution in [2.24, 2.45) is 0 Å². The van der Waals surface area contributed by atoms with Crippen LogP contribution in [0.15, 0.2) is 54.7 Å². The number of aromatic nitrogens is 2. The first-order chi connectivity index (χ1) is 13.4.